The Hall–Kier alpha value is -4.01. The predicted octanol–water partition coefficient (Wildman–Crippen LogP) is 9.15. The van der Waals surface area contributed by atoms with E-state index in [2.05, 4.69) is 19.9 Å². The van der Waals surface area contributed by atoms with Crippen molar-refractivity contribution in [1.82, 2.24) is 19.9 Å². The highest BCUT2D eigenvalue weighted by atomic mass is 35.5. The van der Waals surface area contributed by atoms with Crippen LogP contribution in [0.5, 0.6) is 11.5 Å². The molecule has 11 heteroatoms. The molecule has 0 radical (unpaired) electrons. The topological polar surface area (TPSA) is 87.1 Å². The molecule has 6 rings (SSSR count). The smallest absolute Gasteiger partial charge is 0.170 e. The first-order valence-electron chi connectivity index (χ1n) is 12.9. The molecule has 43 heavy (non-hydrogen) atoms. The van der Waals surface area contributed by atoms with Gasteiger partial charge in [-0.05, 0) is 30.2 Å². The number of halogens is 4. The van der Waals surface area contributed by atoms with Crippen LogP contribution in [0.25, 0.3) is 22.1 Å². The fourth-order valence-corrected chi connectivity index (χ4v) is 5.17. The molecule has 0 aliphatic carbocycles. The summed E-state index contributed by atoms with van der Waals surface area (Å²) in [7, 11) is 0. The lowest BCUT2D eigenvalue weighted by Gasteiger charge is -2.11. The highest BCUT2D eigenvalue weighted by Gasteiger charge is 2.16. The third-order valence-corrected chi connectivity index (χ3v) is 7.22. The van der Waals surface area contributed by atoms with Gasteiger partial charge in [0, 0.05) is 6.20 Å². The minimum atomic E-state index is 0.190. The van der Waals surface area contributed by atoms with Gasteiger partial charge in [-0.25, -0.2) is 9.97 Å². The monoisotopic (exact) mass is 650 g/mol. The van der Waals surface area contributed by atoms with E-state index >= 15 is 0 Å². The molecule has 0 amide bonds. The fourth-order valence-electron chi connectivity index (χ4n) is 4.05. The van der Waals surface area contributed by atoms with Gasteiger partial charge in [0.1, 0.15) is 41.0 Å². The normalized spacial score (nSPS) is 10.7. The first-order chi connectivity index (χ1) is 20.8. The van der Waals surface area contributed by atoms with E-state index in [0.29, 0.717) is 73.2 Å². The largest absolute Gasteiger partial charge is 0.485 e. The van der Waals surface area contributed by atoms with Gasteiger partial charge < -0.3 is 9.47 Å². The summed E-state index contributed by atoms with van der Waals surface area (Å²) in [6.45, 7) is 2.60. The molecule has 0 bridgehead atoms. The zero-order valence-corrected chi connectivity index (χ0v) is 25.6. The van der Waals surface area contributed by atoms with Crippen molar-refractivity contribution in [1.29, 1.82) is 0 Å². The number of carbonyl (C=O) groups is 1. The van der Waals surface area contributed by atoms with Crippen LogP contribution < -0.4 is 9.47 Å². The molecule has 2 aromatic heterocycles. The molecular formula is C32H22Cl4N4O3. The predicted molar refractivity (Wildman–Crippen MR) is 171 cm³/mol. The van der Waals surface area contributed by atoms with Crippen molar-refractivity contribution in [2.45, 2.75) is 20.1 Å². The van der Waals surface area contributed by atoms with Gasteiger partial charge in [-0.1, -0.05) is 107 Å². The Morgan fingerprint density at radius 3 is 1.58 bits per heavy atom. The average Bonchev–Trinajstić information content (AvgIpc) is 3.01. The van der Waals surface area contributed by atoms with Crippen molar-refractivity contribution in [3.8, 4) is 11.5 Å². The first kappa shape index (κ1) is 30.4. The summed E-state index contributed by atoms with van der Waals surface area (Å²) in [5.41, 5.74) is 5.01. The van der Waals surface area contributed by atoms with E-state index in [1.165, 1.54) is 6.20 Å². The Kier molecular flexibility index (Phi) is 9.89. The van der Waals surface area contributed by atoms with Crippen molar-refractivity contribution < 1.29 is 14.3 Å². The van der Waals surface area contributed by atoms with Crippen LogP contribution in [-0.2, 0) is 13.2 Å². The summed E-state index contributed by atoms with van der Waals surface area (Å²) in [4.78, 5) is 28.0. The Balaban J connectivity index is 0.000000171. The Morgan fingerprint density at radius 1 is 0.628 bits per heavy atom. The van der Waals surface area contributed by atoms with Crippen LogP contribution in [0.15, 0.2) is 85.2 Å². The van der Waals surface area contributed by atoms with Gasteiger partial charge in [0.15, 0.2) is 17.8 Å². The highest BCUT2D eigenvalue weighted by Crippen LogP contribution is 2.38. The number of carbonyl (C=O) groups excluding carboxylic acids is 1. The Morgan fingerprint density at radius 2 is 1.09 bits per heavy atom. The van der Waals surface area contributed by atoms with E-state index in [0.717, 1.165) is 16.8 Å². The summed E-state index contributed by atoms with van der Waals surface area (Å²) in [5.74, 6) is 0.872. The van der Waals surface area contributed by atoms with Crippen molar-refractivity contribution in [3.63, 3.8) is 0 Å². The second-order valence-corrected chi connectivity index (χ2v) is 10.8. The minimum Gasteiger partial charge on any atom is -0.485 e. The van der Waals surface area contributed by atoms with Gasteiger partial charge in [0.05, 0.1) is 32.0 Å². The Labute approximate surface area is 267 Å². The maximum absolute atomic E-state index is 10.9. The standard InChI is InChI=1S/C16H10Cl2N2O2.C16H12Cl2N2O/c17-12-6-13(18)16(22-9-10-4-2-1-3-5-10)15-14(12)19-7-11(8-21)20-15;1-10-8-19-14-12(17)7-13(18)16(15(14)20-10)21-9-11-5-3-2-4-6-11/h1-8H,9H2;2-8H,9H2,1H3. The van der Waals surface area contributed by atoms with Crippen LogP contribution in [-0.4, -0.2) is 26.2 Å². The molecule has 6 aromatic rings. The number of fused-ring (bicyclic) bond motifs is 2. The quantitative estimate of drug-likeness (QED) is 0.159. The Bertz CT molecular complexity index is 1910. The number of nitrogens with zero attached hydrogens (tertiary/aromatic N) is 4. The number of benzene rings is 4. The van der Waals surface area contributed by atoms with Gasteiger partial charge in [-0.2, -0.15) is 0 Å². The van der Waals surface area contributed by atoms with E-state index in [1.807, 2.05) is 67.6 Å². The zero-order valence-electron chi connectivity index (χ0n) is 22.6. The van der Waals surface area contributed by atoms with Crippen LogP contribution in [0.1, 0.15) is 27.3 Å². The summed E-state index contributed by atoms with van der Waals surface area (Å²) < 4.78 is 11.6. The second-order valence-electron chi connectivity index (χ2n) is 9.21. The van der Waals surface area contributed by atoms with Gasteiger partial charge in [0.2, 0.25) is 0 Å². The van der Waals surface area contributed by atoms with Crippen molar-refractivity contribution >= 4 is 74.8 Å². The lowest BCUT2D eigenvalue weighted by atomic mass is 10.2. The molecule has 7 nitrogen and oxygen atoms in total. The maximum Gasteiger partial charge on any atom is 0.170 e. The number of aldehydes is 1. The summed E-state index contributed by atoms with van der Waals surface area (Å²) in [6, 6.07) is 22.7. The third-order valence-electron chi connectivity index (χ3n) is 6.08. The van der Waals surface area contributed by atoms with Gasteiger partial charge in [-0.3, -0.25) is 14.8 Å². The summed E-state index contributed by atoms with van der Waals surface area (Å²) in [5, 5.41) is 1.58. The molecule has 4 aromatic carbocycles. The molecule has 0 atom stereocenters. The van der Waals surface area contributed by atoms with Crippen LogP contribution >= 0.6 is 46.4 Å². The molecule has 2 heterocycles. The van der Waals surface area contributed by atoms with E-state index in [4.69, 9.17) is 55.9 Å². The molecule has 0 aliphatic heterocycles. The third kappa shape index (κ3) is 7.32. The molecule has 216 valence electrons. The molecule has 0 saturated heterocycles. The molecule has 0 saturated carbocycles. The molecule has 0 unspecified atom stereocenters. The van der Waals surface area contributed by atoms with Crippen molar-refractivity contribution in [3.05, 3.63) is 128 Å². The molecule has 0 N–H and O–H groups in total. The molecular weight excluding hydrogens is 630 g/mol. The molecule has 0 fully saturated rings. The van der Waals surface area contributed by atoms with Gasteiger partial charge in [0.25, 0.3) is 0 Å². The number of rotatable bonds is 7. The highest BCUT2D eigenvalue weighted by molar-refractivity contribution is 6.40. The number of hydrogen-bond donors (Lipinski definition) is 0. The van der Waals surface area contributed by atoms with E-state index in [-0.39, 0.29) is 5.69 Å². The maximum atomic E-state index is 10.9. The fraction of sp³-hybridized carbons (Fsp3) is 0.0938. The second kappa shape index (κ2) is 14.0. The number of aryl methyl sites for hydroxylation is 1. The van der Waals surface area contributed by atoms with E-state index in [9.17, 15) is 4.79 Å². The number of hydrogen-bond acceptors (Lipinski definition) is 7. The summed E-state index contributed by atoms with van der Waals surface area (Å²) >= 11 is 24.7. The summed E-state index contributed by atoms with van der Waals surface area (Å²) in [6.07, 6.45) is 3.64. The molecule has 0 aliphatic rings. The number of aromatic nitrogens is 4. The lowest BCUT2D eigenvalue weighted by Crippen LogP contribution is -2.00. The van der Waals surface area contributed by atoms with Gasteiger partial charge >= 0.3 is 0 Å². The van der Waals surface area contributed by atoms with Crippen LogP contribution in [0.2, 0.25) is 20.1 Å². The van der Waals surface area contributed by atoms with Crippen LogP contribution in [0.3, 0.4) is 0 Å². The minimum absolute atomic E-state index is 0.190. The van der Waals surface area contributed by atoms with Gasteiger partial charge in [-0.15, -0.1) is 0 Å². The SMILES string of the molecule is Cc1cnc2c(Cl)cc(Cl)c(OCc3ccccc3)c2n1.O=Cc1cnc2c(Cl)cc(Cl)c(OCc3ccccc3)c2n1. The van der Waals surface area contributed by atoms with E-state index in [1.54, 1.807) is 18.3 Å². The van der Waals surface area contributed by atoms with E-state index < -0.39 is 0 Å². The van der Waals surface area contributed by atoms with Crippen molar-refractivity contribution in [2.24, 2.45) is 0 Å². The van der Waals surface area contributed by atoms with Crippen LogP contribution in [0, 0.1) is 6.92 Å². The number of ether oxygens (including phenoxy) is 2. The zero-order chi connectivity index (χ0) is 30.3. The average molecular weight is 652 g/mol. The first-order valence-corrected chi connectivity index (χ1v) is 14.4. The lowest BCUT2D eigenvalue weighted by molar-refractivity contribution is 0.111. The van der Waals surface area contributed by atoms with Crippen molar-refractivity contribution in [2.75, 3.05) is 0 Å². The molecule has 0 spiro atoms. The van der Waals surface area contributed by atoms with Crippen LogP contribution in [0.4, 0.5) is 0 Å².